The molecule has 1 aromatic rings. The molecule has 6 heteroatoms. The highest BCUT2D eigenvalue weighted by molar-refractivity contribution is 5.91. The van der Waals surface area contributed by atoms with E-state index in [0.717, 1.165) is 0 Å². The smallest absolute Gasteiger partial charge is 0.319 e. The number of anilines is 1. The zero-order valence-electron chi connectivity index (χ0n) is 11.1. The van der Waals surface area contributed by atoms with Crippen LogP contribution in [0.15, 0.2) is 24.3 Å². The molecular weight excluding hydrogens is 246 g/mol. The summed E-state index contributed by atoms with van der Waals surface area (Å²) in [5, 5.41) is 5.41. The second-order valence-electron chi connectivity index (χ2n) is 4.26. The first kappa shape index (κ1) is 15.0. The Balaban J connectivity index is 2.65. The van der Waals surface area contributed by atoms with Crippen molar-refractivity contribution < 1.29 is 14.3 Å². The van der Waals surface area contributed by atoms with Gasteiger partial charge in [-0.3, -0.25) is 4.79 Å². The maximum Gasteiger partial charge on any atom is 0.319 e. The van der Waals surface area contributed by atoms with Gasteiger partial charge in [-0.15, -0.1) is 0 Å². The second-order valence-corrected chi connectivity index (χ2v) is 4.26. The first-order chi connectivity index (χ1) is 9.02. The van der Waals surface area contributed by atoms with E-state index in [1.165, 1.54) is 0 Å². The third-order valence-electron chi connectivity index (χ3n) is 2.42. The van der Waals surface area contributed by atoms with Crippen molar-refractivity contribution in [2.45, 2.75) is 19.4 Å². The van der Waals surface area contributed by atoms with Gasteiger partial charge in [0.1, 0.15) is 0 Å². The first-order valence-electron chi connectivity index (χ1n) is 5.95. The SMILES string of the molecule is COC[C@H](C)NC(=O)Nc1ccccc1CC(N)=O. The fourth-order valence-corrected chi connectivity index (χ4v) is 1.66. The molecule has 1 atom stereocenters. The van der Waals surface area contributed by atoms with Gasteiger partial charge in [-0.25, -0.2) is 4.79 Å². The van der Waals surface area contributed by atoms with Gasteiger partial charge in [0.15, 0.2) is 0 Å². The van der Waals surface area contributed by atoms with Crippen molar-refractivity contribution in [3.05, 3.63) is 29.8 Å². The minimum atomic E-state index is -0.442. The standard InChI is InChI=1S/C13H19N3O3/c1-9(8-19-2)15-13(18)16-11-6-4-3-5-10(11)7-12(14)17/h3-6,9H,7-8H2,1-2H3,(H2,14,17)(H2,15,16,18)/t9-/m0/s1. The van der Waals surface area contributed by atoms with Crippen LogP contribution in [0.4, 0.5) is 10.5 Å². The van der Waals surface area contributed by atoms with Crippen molar-refractivity contribution in [2.75, 3.05) is 19.0 Å². The molecule has 0 unspecified atom stereocenters. The van der Waals surface area contributed by atoms with Gasteiger partial charge in [0.05, 0.1) is 19.1 Å². The zero-order valence-corrected chi connectivity index (χ0v) is 11.1. The van der Waals surface area contributed by atoms with Crippen LogP contribution in [-0.2, 0) is 16.0 Å². The van der Waals surface area contributed by atoms with Crippen molar-refractivity contribution in [3.63, 3.8) is 0 Å². The van der Waals surface area contributed by atoms with E-state index >= 15 is 0 Å². The summed E-state index contributed by atoms with van der Waals surface area (Å²) in [6, 6.07) is 6.58. The van der Waals surface area contributed by atoms with Crippen LogP contribution in [-0.4, -0.2) is 31.7 Å². The summed E-state index contributed by atoms with van der Waals surface area (Å²) in [6.45, 7) is 2.26. The molecule has 1 rings (SSSR count). The summed E-state index contributed by atoms with van der Waals surface area (Å²) in [6.07, 6.45) is 0.0874. The van der Waals surface area contributed by atoms with E-state index in [0.29, 0.717) is 17.9 Å². The minimum absolute atomic E-state index is 0.0874. The Hall–Kier alpha value is -2.08. The molecule has 0 aliphatic carbocycles. The molecule has 0 spiro atoms. The number of nitrogens with one attached hydrogen (secondary N) is 2. The van der Waals surface area contributed by atoms with Crippen LogP contribution < -0.4 is 16.4 Å². The third-order valence-corrected chi connectivity index (χ3v) is 2.42. The van der Waals surface area contributed by atoms with Gasteiger partial charge < -0.3 is 21.1 Å². The van der Waals surface area contributed by atoms with Crippen molar-refractivity contribution in [2.24, 2.45) is 5.73 Å². The third kappa shape index (κ3) is 5.39. The number of benzene rings is 1. The van der Waals surface area contributed by atoms with Gasteiger partial charge in [-0.1, -0.05) is 18.2 Å². The number of rotatable bonds is 6. The van der Waals surface area contributed by atoms with E-state index in [-0.39, 0.29) is 18.5 Å². The number of hydrogen-bond donors (Lipinski definition) is 3. The summed E-state index contributed by atoms with van der Waals surface area (Å²) in [5.41, 5.74) is 6.42. The lowest BCUT2D eigenvalue weighted by Crippen LogP contribution is -2.38. The number of primary amides is 1. The van der Waals surface area contributed by atoms with Gasteiger partial charge >= 0.3 is 6.03 Å². The molecule has 104 valence electrons. The molecule has 19 heavy (non-hydrogen) atoms. The van der Waals surface area contributed by atoms with Crippen molar-refractivity contribution >= 4 is 17.6 Å². The number of nitrogens with two attached hydrogens (primary N) is 1. The highest BCUT2D eigenvalue weighted by Crippen LogP contribution is 2.15. The Kier molecular flexibility index (Phi) is 5.81. The van der Waals surface area contributed by atoms with E-state index in [4.69, 9.17) is 10.5 Å². The van der Waals surface area contributed by atoms with Crippen LogP contribution in [0.25, 0.3) is 0 Å². The summed E-state index contributed by atoms with van der Waals surface area (Å²) in [7, 11) is 1.57. The molecule has 0 fully saturated rings. The monoisotopic (exact) mass is 265 g/mol. The molecule has 0 aliphatic rings. The number of methoxy groups -OCH3 is 1. The quantitative estimate of drug-likeness (QED) is 0.712. The average molecular weight is 265 g/mol. The van der Waals surface area contributed by atoms with Crippen LogP contribution in [0.3, 0.4) is 0 Å². The summed E-state index contributed by atoms with van der Waals surface area (Å²) in [4.78, 5) is 22.7. The predicted octanol–water partition coefficient (Wildman–Crippen LogP) is 0.871. The number of carbonyl (C=O) groups excluding carboxylic acids is 2. The number of carbonyl (C=O) groups is 2. The van der Waals surface area contributed by atoms with E-state index < -0.39 is 5.91 Å². The topological polar surface area (TPSA) is 93.4 Å². The molecule has 0 heterocycles. The lowest BCUT2D eigenvalue weighted by molar-refractivity contribution is -0.117. The first-order valence-corrected chi connectivity index (χ1v) is 5.95. The van der Waals surface area contributed by atoms with Gasteiger partial charge in [-0.05, 0) is 18.6 Å². The van der Waals surface area contributed by atoms with Gasteiger partial charge in [-0.2, -0.15) is 0 Å². The average Bonchev–Trinajstić information content (AvgIpc) is 2.31. The Labute approximate surface area is 112 Å². The molecule has 0 bridgehead atoms. The lowest BCUT2D eigenvalue weighted by Gasteiger charge is -2.15. The lowest BCUT2D eigenvalue weighted by atomic mass is 10.1. The van der Waals surface area contributed by atoms with E-state index in [1.807, 2.05) is 6.92 Å². The fourth-order valence-electron chi connectivity index (χ4n) is 1.66. The van der Waals surface area contributed by atoms with E-state index in [1.54, 1.807) is 31.4 Å². The molecule has 0 radical (unpaired) electrons. The summed E-state index contributed by atoms with van der Waals surface area (Å²) in [5.74, 6) is -0.442. The van der Waals surface area contributed by atoms with Crippen molar-refractivity contribution in [3.8, 4) is 0 Å². The highest BCUT2D eigenvalue weighted by atomic mass is 16.5. The Morgan fingerprint density at radius 1 is 1.37 bits per heavy atom. The Morgan fingerprint density at radius 2 is 2.05 bits per heavy atom. The Bertz CT molecular complexity index is 449. The summed E-state index contributed by atoms with van der Waals surface area (Å²) >= 11 is 0. The number of hydrogen-bond acceptors (Lipinski definition) is 3. The maximum absolute atomic E-state index is 11.7. The molecule has 4 N–H and O–H groups in total. The van der Waals surface area contributed by atoms with Gasteiger partial charge in [0.2, 0.25) is 5.91 Å². The zero-order chi connectivity index (χ0) is 14.3. The van der Waals surface area contributed by atoms with Gasteiger partial charge in [0, 0.05) is 12.8 Å². The maximum atomic E-state index is 11.7. The molecular formula is C13H19N3O3. The van der Waals surface area contributed by atoms with Crippen molar-refractivity contribution in [1.29, 1.82) is 0 Å². The van der Waals surface area contributed by atoms with Crippen molar-refractivity contribution in [1.82, 2.24) is 5.32 Å². The minimum Gasteiger partial charge on any atom is -0.383 e. The second kappa shape index (κ2) is 7.38. The van der Waals surface area contributed by atoms with Crippen LogP contribution in [0.2, 0.25) is 0 Å². The van der Waals surface area contributed by atoms with Crippen LogP contribution in [0, 0.1) is 0 Å². The van der Waals surface area contributed by atoms with E-state index in [2.05, 4.69) is 10.6 Å². The predicted molar refractivity (Wildman–Crippen MR) is 72.8 cm³/mol. The van der Waals surface area contributed by atoms with Crippen LogP contribution in [0.5, 0.6) is 0 Å². The molecule has 0 aromatic heterocycles. The van der Waals surface area contributed by atoms with Gasteiger partial charge in [0.25, 0.3) is 0 Å². The number of para-hydroxylation sites is 1. The van der Waals surface area contributed by atoms with Crippen LogP contribution >= 0.6 is 0 Å². The number of urea groups is 1. The normalized spacial score (nSPS) is 11.7. The highest BCUT2D eigenvalue weighted by Gasteiger charge is 2.10. The molecule has 6 nitrogen and oxygen atoms in total. The molecule has 1 aromatic carbocycles. The largest absolute Gasteiger partial charge is 0.383 e. The number of amides is 3. The summed E-state index contributed by atoms with van der Waals surface area (Å²) < 4.78 is 4.93. The number of ether oxygens (including phenoxy) is 1. The molecule has 0 saturated heterocycles. The molecule has 0 aliphatic heterocycles. The van der Waals surface area contributed by atoms with E-state index in [9.17, 15) is 9.59 Å². The van der Waals surface area contributed by atoms with Crippen LogP contribution in [0.1, 0.15) is 12.5 Å². The molecule has 3 amide bonds. The Morgan fingerprint density at radius 3 is 2.68 bits per heavy atom. The fraction of sp³-hybridized carbons (Fsp3) is 0.385. The molecule has 0 saturated carbocycles.